The molecule has 4 nitrogen and oxygen atoms in total. The van der Waals surface area contributed by atoms with Crippen LogP contribution in [0.25, 0.3) is 0 Å². The van der Waals surface area contributed by atoms with Gasteiger partial charge in [-0.05, 0) is 12.8 Å². The monoisotopic (exact) mass is 185 g/mol. The van der Waals surface area contributed by atoms with Crippen LogP contribution in [0.4, 0.5) is 0 Å². The van der Waals surface area contributed by atoms with Crippen molar-refractivity contribution in [2.24, 2.45) is 5.73 Å². The number of hydrogen-bond acceptors (Lipinski definition) is 3. The highest BCUT2D eigenvalue weighted by atomic mass is 16.2. The van der Waals surface area contributed by atoms with E-state index in [-0.39, 0.29) is 5.91 Å². The Morgan fingerprint density at radius 1 is 1.38 bits per heavy atom. The van der Waals surface area contributed by atoms with Crippen LogP contribution in [0.5, 0.6) is 0 Å². The molecule has 0 spiro atoms. The zero-order valence-electron chi connectivity index (χ0n) is 8.47. The Labute approximate surface area is 79.4 Å². The molecule has 3 N–H and O–H groups in total. The fourth-order valence-electron chi connectivity index (χ4n) is 1.83. The standard InChI is InChI=1S/C9H19N3O/c1-11-12(2)8(13)9(10)6-4-3-5-7-9/h11H,3-7,10H2,1-2H3. The molecular weight excluding hydrogens is 166 g/mol. The molecule has 1 saturated carbocycles. The summed E-state index contributed by atoms with van der Waals surface area (Å²) in [5.74, 6) is 0.00898. The Bertz CT molecular complexity index is 187. The molecule has 1 rings (SSSR count). The third kappa shape index (κ3) is 2.19. The minimum absolute atomic E-state index is 0.00898. The van der Waals surface area contributed by atoms with Crippen molar-refractivity contribution in [2.45, 2.75) is 37.6 Å². The molecule has 0 aromatic rings. The predicted molar refractivity (Wildman–Crippen MR) is 51.8 cm³/mol. The first kappa shape index (κ1) is 10.5. The number of nitrogens with one attached hydrogen (secondary N) is 1. The van der Waals surface area contributed by atoms with Crippen molar-refractivity contribution >= 4 is 5.91 Å². The Hall–Kier alpha value is -0.610. The molecule has 0 atom stereocenters. The lowest BCUT2D eigenvalue weighted by Crippen LogP contribution is -2.57. The van der Waals surface area contributed by atoms with Gasteiger partial charge in [-0.25, -0.2) is 5.43 Å². The van der Waals surface area contributed by atoms with Crippen LogP contribution in [-0.4, -0.2) is 30.6 Å². The van der Waals surface area contributed by atoms with Crippen LogP contribution in [0.2, 0.25) is 0 Å². The average Bonchev–Trinajstić information content (AvgIpc) is 2.16. The van der Waals surface area contributed by atoms with Crippen molar-refractivity contribution in [1.82, 2.24) is 10.4 Å². The largest absolute Gasteiger partial charge is 0.317 e. The summed E-state index contributed by atoms with van der Waals surface area (Å²) >= 11 is 0. The van der Waals surface area contributed by atoms with Crippen LogP contribution in [0, 0.1) is 0 Å². The molecule has 1 aliphatic rings. The number of carbonyl (C=O) groups excluding carboxylic acids is 1. The normalized spacial score (nSPS) is 21.2. The number of nitrogens with two attached hydrogens (primary N) is 1. The summed E-state index contributed by atoms with van der Waals surface area (Å²) in [6.07, 6.45) is 4.98. The van der Waals surface area contributed by atoms with Crippen molar-refractivity contribution in [2.75, 3.05) is 14.1 Å². The van der Waals surface area contributed by atoms with E-state index in [0.717, 1.165) is 25.7 Å². The van der Waals surface area contributed by atoms with Crippen molar-refractivity contribution in [3.63, 3.8) is 0 Å². The smallest absolute Gasteiger partial charge is 0.256 e. The Balaban J connectivity index is 2.61. The molecular formula is C9H19N3O. The fraction of sp³-hybridized carbons (Fsp3) is 0.889. The van der Waals surface area contributed by atoms with E-state index in [4.69, 9.17) is 5.73 Å². The van der Waals surface area contributed by atoms with E-state index in [2.05, 4.69) is 5.43 Å². The molecule has 0 aromatic carbocycles. The molecule has 1 fully saturated rings. The van der Waals surface area contributed by atoms with Crippen LogP contribution in [0.15, 0.2) is 0 Å². The number of carbonyl (C=O) groups is 1. The maximum absolute atomic E-state index is 11.8. The molecule has 0 saturated heterocycles. The van der Waals surface area contributed by atoms with Crippen molar-refractivity contribution in [1.29, 1.82) is 0 Å². The third-order valence-corrected chi connectivity index (χ3v) is 2.81. The van der Waals surface area contributed by atoms with Gasteiger partial charge in [0.25, 0.3) is 5.91 Å². The molecule has 1 aliphatic carbocycles. The lowest BCUT2D eigenvalue weighted by atomic mass is 9.82. The van der Waals surface area contributed by atoms with Gasteiger partial charge in [-0.15, -0.1) is 0 Å². The first-order chi connectivity index (χ1) is 6.10. The van der Waals surface area contributed by atoms with Crippen molar-refractivity contribution in [3.8, 4) is 0 Å². The number of hydrazine groups is 1. The van der Waals surface area contributed by atoms with Gasteiger partial charge in [0.05, 0.1) is 5.54 Å². The third-order valence-electron chi connectivity index (χ3n) is 2.81. The van der Waals surface area contributed by atoms with E-state index in [1.165, 1.54) is 11.4 Å². The van der Waals surface area contributed by atoms with Gasteiger partial charge in [0.2, 0.25) is 0 Å². The van der Waals surface area contributed by atoms with Gasteiger partial charge in [-0.2, -0.15) is 0 Å². The van der Waals surface area contributed by atoms with E-state index >= 15 is 0 Å². The molecule has 4 heteroatoms. The van der Waals surface area contributed by atoms with E-state index in [1.54, 1.807) is 14.1 Å². The topological polar surface area (TPSA) is 58.4 Å². The number of rotatable bonds is 2. The van der Waals surface area contributed by atoms with E-state index < -0.39 is 5.54 Å². The molecule has 0 unspecified atom stereocenters. The molecule has 0 aromatic heterocycles. The van der Waals surface area contributed by atoms with Crippen LogP contribution in [0.1, 0.15) is 32.1 Å². The van der Waals surface area contributed by atoms with Gasteiger partial charge >= 0.3 is 0 Å². The second-order valence-corrected chi connectivity index (χ2v) is 3.80. The van der Waals surface area contributed by atoms with E-state index in [9.17, 15) is 4.79 Å². The molecule has 1 amide bonds. The van der Waals surface area contributed by atoms with Gasteiger partial charge < -0.3 is 5.73 Å². The highest BCUT2D eigenvalue weighted by Gasteiger charge is 2.36. The summed E-state index contributed by atoms with van der Waals surface area (Å²) in [6.45, 7) is 0. The molecule has 76 valence electrons. The van der Waals surface area contributed by atoms with E-state index in [1.807, 2.05) is 0 Å². The summed E-state index contributed by atoms with van der Waals surface area (Å²) in [6, 6.07) is 0. The lowest BCUT2D eigenvalue weighted by Gasteiger charge is -2.34. The number of nitrogens with zero attached hydrogens (tertiary/aromatic N) is 1. The maximum Gasteiger partial charge on any atom is 0.256 e. The predicted octanol–water partition coefficient (Wildman–Crippen LogP) is 0.241. The zero-order chi connectivity index (χ0) is 9.90. The van der Waals surface area contributed by atoms with Gasteiger partial charge in [0.1, 0.15) is 0 Å². The summed E-state index contributed by atoms with van der Waals surface area (Å²) in [7, 11) is 3.44. The van der Waals surface area contributed by atoms with Gasteiger partial charge in [-0.1, -0.05) is 19.3 Å². The minimum atomic E-state index is -0.615. The summed E-state index contributed by atoms with van der Waals surface area (Å²) in [5.41, 5.74) is 8.22. The summed E-state index contributed by atoms with van der Waals surface area (Å²) < 4.78 is 0. The molecule has 0 bridgehead atoms. The number of likely N-dealkylation sites (N-methyl/N-ethyl adjacent to an activating group) is 1. The molecule has 13 heavy (non-hydrogen) atoms. The van der Waals surface area contributed by atoms with Crippen LogP contribution >= 0.6 is 0 Å². The van der Waals surface area contributed by atoms with Crippen molar-refractivity contribution in [3.05, 3.63) is 0 Å². The van der Waals surface area contributed by atoms with Crippen LogP contribution in [-0.2, 0) is 4.79 Å². The average molecular weight is 185 g/mol. The Morgan fingerprint density at radius 3 is 2.38 bits per heavy atom. The van der Waals surface area contributed by atoms with E-state index in [0.29, 0.717) is 0 Å². The lowest BCUT2D eigenvalue weighted by molar-refractivity contribution is -0.139. The van der Waals surface area contributed by atoms with Gasteiger partial charge in [0.15, 0.2) is 0 Å². The first-order valence-electron chi connectivity index (χ1n) is 4.84. The highest BCUT2D eigenvalue weighted by molar-refractivity contribution is 5.85. The van der Waals surface area contributed by atoms with Crippen LogP contribution < -0.4 is 11.2 Å². The van der Waals surface area contributed by atoms with Gasteiger partial charge in [-0.3, -0.25) is 9.80 Å². The molecule has 0 heterocycles. The molecule has 0 radical (unpaired) electrons. The van der Waals surface area contributed by atoms with Crippen molar-refractivity contribution < 1.29 is 4.79 Å². The van der Waals surface area contributed by atoms with Crippen LogP contribution in [0.3, 0.4) is 0 Å². The summed E-state index contributed by atoms with van der Waals surface area (Å²) in [5, 5.41) is 1.48. The number of amides is 1. The molecule has 0 aliphatic heterocycles. The Morgan fingerprint density at radius 2 is 1.92 bits per heavy atom. The second-order valence-electron chi connectivity index (χ2n) is 3.80. The minimum Gasteiger partial charge on any atom is -0.317 e. The van der Waals surface area contributed by atoms with Gasteiger partial charge in [0, 0.05) is 14.1 Å². The fourth-order valence-corrected chi connectivity index (χ4v) is 1.83. The Kier molecular flexibility index (Phi) is 3.27. The first-order valence-corrected chi connectivity index (χ1v) is 4.84. The zero-order valence-corrected chi connectivity index (χ0v) is 8.47. The number of hydrogen-bond donors (Lipinski definition) is 2. The maximum atomic E-state index is 11.8. The SMILES string of the molecule is CNN(C)C(=O)C1(N)CCCCC1. The quantitative estimate of drug-likeness (QED) is 0.606. The second kappa shape index (κ2) is 4.07. The summed E-state index contributed by atoms with van der Waals surface area (Å²) in [4.78, 5) is 11.8. The highest BCUT2D eigenvalue weighted by Crippen LogP contribution is 2.26.